The maximum atomic E-state index is 13.8. The lowest BCUT2D eigenvalue weighted by Gasteiger charge is -2.11. The summed E-state index contributed by atoms with van der Waals surface area (Å²) in [7, 11) is 0. The van der Waals surface area contributed by atoms with Gasteiger partial charge < -0.3 is 10.6 Å². The Kier molecular flexibility index (Phi) is 10.6. The lowest BCUT2D eigenvalue weighted by molar-refractivity contribution is 0.602. The van der Waals surface area contributed by atoms with Gasteiger partial charge in [0.15, 0.2) is 5.96 Å². The molecule has 7 heteroatoms. The van der Waals surface area contributed by atoms with Gasteiger partial charge in [0.1, 0.15) is 5.82 Å². The number of hydrogen-bond donors (Lipinski definition) is 2. The molecular weight excluding hydrogens is 498 g/mol. The lowest BCUT2D eigenvalue weighted by atomic mass is 10.1. The second-order valence-electron chi connectivity index (χ2n) is 5.28. The fourth-order valence-corrected chi connectivity index (χ4v) is 2.54. The van der Waals surface area contributed by atoms with Gasteiger partial charge in [-0.25, -0.2) is 9.38 Å². The number of benzene rings is 1. The van der Waals surface area contributed by atoms with Crippen LogP contribution in [0.4, 0.5) is 4.39 Å². The van der Waals surface area contributed by atoms with Crippen LogP contribution in [0.5, 0.6) is 0 Å². The smallest absolute Gasteiger partial charge is 0.191 e. The Hall–Kier alpha value is -1.22. The van der Waals surface area contributed by atoms with E-state index in [0.29, 0.717) is 13.0 Å². The number of hydrogen-bond acceptors (Lipinski definition) is 2. The van der Waals surface area contributed by atoms with Gasteiger partial charge in [-0.15, -0.1) is 24.0 Å². The summed E-state index contributed by atoms with van der Waals surface area (Å²) in [6.07, 6.45) is 3.27. The largest absolute Gasteiger partial charge is 0.357 e. The molecule has 2 aromatic rings. The molecule has 0 unspecified atom stereocenters. The third kappa shape index (κ3) is 8.13. The molecule has 0 saturated carbocycles. The van der Waals surface area contributed by atoms with Crippen LogP contribution < -0.4 is 10.6 Å². The molecule has 1 aromatic heterocycles. The first-order valence-electron chi connectivity index (χ1n) is 8.05. The molecule has 0 fully saturated rings. The summed E-state index contributed by atoms with van der Waals surface area (Å²) in [5.41, 5.74) is 1.65. The van der Waals surface area contributed by atoms with Gasteiger partial charge in [0.25, 0.3) is 0 Å². The number of nitrogens with zero attached hydrogens (tertiary/aromatic N) is 2. The van der Waals surface area contributed by atoms with Crippen molar-refractivity contribution in [3.05, 3.63) is 64.1 Å². The molecular formula is C18H23BrFIN4. The SMILES string of the molecule is CCNC(=NCc1ccccn1)NCCCc1ccc(Br)cc1F.I. The zero-order valence-electron chi connectivity index (χ0n) is 14.1. The van der Waals surface area contributed by atoms with Gasteiger partial charge in [-0.2, -0.15) is 0 Å². The van der Waals surface area contributed by atoms with Crippen LogP contribution in [0.1, 0.15) is 24.6 Å². The number of guanidine groups is 1. The first kappa shape index (κ1) is 21.8. The molecule has 1 aromatic carbocycles. The Balaban J connectivity index is 0.00000312. The third-order valence-corrected chi connectivity index (χ3v) is 3.89. The molecule has 25 heavy (non-hydrogen) atoms. The van der Waals surface area contributed by atoms with Gasteiger partial charge in [-0.3, -0.25) is 4.98 Å². The van der Waals surface area contributed by atoms with Crippen molar-refractivity contribution in [1.29, 1.82) is 0 Å². The minimum atomic E-state index is -0.167. The van der Waals surface area contributed by atoms with E-state index in [9.17, 15) is 4.39 Å². The highest BCUT2D eigenvalue weighted by molar-refractivity contribution is 14.0. The van der Waals surface area contributed by atoms with Crippen LogP contribution in [0.3, 0.4) is 0 Å². The number of rotatable bonds is 7. The molecule has 0 amide bonds. The fraction of sp³-hybridized carbons (Fsp3) is 0.333. The van der Waals surface area contributed by atoms with E-state index in [1.165, 1.54) is 6.07 Å². The second-order valence-corrected chi connectivity index (χ2v) is 6.20. The van der Waals surface area contributed by atoms with Gasteiger partial charge >= 0.3 is 0 Å². The van der Waals surface area contributed by atoms with Crippen LogP contribution in [-0.2, 0) is 13.0 Å². The molecule has 0 aliphatic heterocycles. The normalized spacial score (nSPS) is 10.9. The predicted octanol–water partition coefficient (Wildman–Crippen LogP) is 4.29. The Morgan fingerprint density at radius 3 is 2.76 bits per heavy atom. The Morgan fingerprint density at radius 1 is 1.24 bits per heavy atom. The second kappa shape index (κ2) is 12.2. The van der Waals surface area contributed by atoms with E-state index in [-0.39, 0.29) is 29.8 Å². The van der Waals surface area contributed by atoms with Gasteiger partial charge in [0.2, 0.25) is 0 Å². The Labute approximate surface area is 173 Å². The minimum absolute atomic E-state index is 0. The van der Waals surface area contributed by atoms with Crippen molar-refractivity contribution in [2.75, 3.05) is 13.1 Å². The summed E-state index contributed by atoms with van der Waals surface area (Å²) in [4.78, 5) is 8.76. The average Bonchev–Trinajstić information content (AvgIpc) is 2.59. The summed E-state index contributed by atoms with van der Waals surface area (Å²) in [6, 6.07) is 11.0. The summed E-state index contributed by atoms with van der Waals surface area (Å²) < 4.78 is 14.5. The van der Waals surface area contributed by atoms with Gasteiger partial charge in [0.05, 0.1) is 12.2 Å². The van der Waals surface area contributed by atoms with E-state index in [0.717, 1.165) is 41.2 Å². The maximum Gasteiger partial charge on any atom is 0.191 e. The molecule has 136 valence electrons. The zero-order chi connectivity index (χ0) is 17.2. The van der Waals surface area contributed by atoms with Gasteiger partial charge in [0, 0.05) is 23.8 Å². The number of aliphatic imine (C=N–C) groups is 1. The molecule has 0 bridgehead atoms. The number of halogens is 3. The number of aryl methyl sites for hydroxylation is 1. The molecule has 4 nitrogen and oxygen atoms in total. The molecule has 1 heterocycles. The fourth-order valence-electron chi connectivity index (χ4n) is 2.20. The van der Waals surface area contributed by atoms with Crippen LogP contribution in [0.25, 0.3) is 0 Å². The number of aromatic nitrogens is 1. The van der Waals surface area contributed by atoms with Crippen LogP contribution in [0.2, 0.25) is 0 Å². The Bertz CT molecular complexity index is 667. The number of pyridine rings is 1. The molecule has 2 rings (SSSR count). The summed E-state index contributed by atoms with van der Waals surface area (Å²) in [5.74, 6) is 0.583. The van der Waals surface area contributed by atoms with Crippen molar-refractivity contribution >= 4 is 45.9 Å². The van der Waals surface area contributed by atoms with Gasteiger partial charge in [-0.1, -0.05) is 28.1 Å². The number of nitrogens with one attached hydrogen (secondary N) is 2. The molecule has 2 N–H and O–H groups in total. The van der Waals surface area contributed by atoms with E-state index >= 15 is 0 Å². The molecule has 0 aliphatic carbocycles. The van der Waals surface area contributed by atoms with E-state index in [1.54, 1.807) is 6.20 Å². The van der Waals surface area contributed by atoms with Crippen LogP contribution in [-0.4, -0.2) is 24.0 Å². The highest BCUT2D eigenvalue weighted by Crippen LogP contribution is 2.16. The van der Waals surface area contributed by atoms with Crippen molar-refractivity contribution in [3.8, 4) is 0 Å². The van der Waals surface area contributed by atoms with Crippen molar-refractivity contribution < 1.29 is 4.39 Å². The van der Waals surface area contributed by atoms with Crippen molar-refractivity contribution in [3.63, 3.8) is 0 Å². The van der Waals surface area contributed by atoms with Crippen LogP contribution >= 0.6 is 39.9 Å². The Morgan fingerprint density at radius 2 is 2.08 bits per heavy atom. The average molecular weight is 521 g/mol. The quantitative estimate of drug-likeness (QED) is 0.248. The standard InChI is InChI=1S/C18H22BrFN4.HI/c1-2-21-18(24-13-16-7-3-4-10-22-16)23-11-5-6-14-8-9-15(19)12-17(14)20;/h3-4,7-10,12H,2,5-6,11,13H2,1H3,(H2,21,23,24);1H. The van der Waals surface area contributed by atoms with Crippen molar-refractivity contribution in [1.82, 2.24) is 15.6 Å². The monoisotopic (exact) mass is 520 g/mol. The van der Waals surface area contributed by atoms with Crippen LogP contribution in [0.15, 0.2) is 52.1 Å². The minimum Gasteiger partial charge on any atom is -0.357 e. The topological polar surface area (TPSA) is 49.3 Å². The maximum absolute atomic E-state index is 13.8. The van der Waals surface area contributed by atoms with E-state index in [2.05, 4.69) is 36.5 Å². The van der Waals surface area contributed by atoms with E-state index in [4.69, 9.17) is 0 Å². The highest BCUT2D eigenvalue weighted by Gasteiger charge is 2.03. The first-order chi connectivity index (χ1) is 11.7. The van der Waals surface area contributed by atoms with Crippen molar-refractivity contribution in [2.24, 2.45) is 4.99 Å². The third-order valence-electron chi connectivity index (χ3n) is 3.40. The summed E-state index contributed by atoms with van der Waals surface area (Å²) >= 11 is 3.27. The molecule has 0 radical (unpaired) electrons. The zero-order valence-corrected chi connectivity index (χ0v) is 18.1. The predicted molar refractivity (Wildman–Crippen MR) is 115 cm³/mol. The lowest BCUT2D eigenvalue weighted by Crippen LogP contribution is -2.37. The van der Waals surface area contributed by atoms with E-state index in [1.807, 2.05) is 37.3 Å². The highest BCUT2D eigenvalue weighted by atomic mass is 127. The molecule has 0 atom stereocenters. The van der Waals surface area contributed by atoms with Crippen molar-refractivity contribution in [2.45, 2.75) is 26.3 Å². The van der Waals surface area contributed by atoms with Crippen LogP contribution in [0, 0.1) is 5.82 Å². The summed E-state index contributed by atoms with van der Waals surface area (Å²) in [6.45, 7) is 4.06. The summed E-state index contributed by atoms with van der Waals surface area (Å²) in [5, 5.41) is 6.47. The molecule has 0 spiro atoms. The van der Waals surface area contributed by atoms with E-state index < -0.39 is 0 Å². The molecule has 0 saturated heterocycles. The molecule has 0 aliphatic rings. The first-order valence-corrected chi connectivity index (χ1v) is 8.84. The van der Waals surface area contributed by atoms with Gasteiger partial charge in [-0.05, 0) is 49.6 Å².